The van der Waals surface area contributed by atoms with Crippen molar-refractivity contribution in [3.05, 3.63) is 99.5 Å². The fraction of sp³-hybridized carbons (Fsp3) is 0.0400. The number of nitrogens with one attached hydrogen (secondary N) is 3. The Balaban J connectivity index is 1.57. The lowest BCUT2D eigenvalue weighted by Gasteiger charge is -2.12. The first-order valence-corrected chi connectivity index (χ1v) is 11.4. The molecule has 0 spiro atoms. The van der Waals surface area contributed by atoms with Crippen LogP contribution in [0.1, 0.15) is 11.1 Å². The fourth-order valence-electron chi connectivity index (χ4n) is 3.03. The highest BCUT2D eigenvalue weighted by atomic mass is 35.5. The van der Waals surface area contributed by atoms with Gasteiger partial charge in [0.15, 0.2) is 5.82 Å². The monoisotopic (exact) mass is 541 g/mol. The molecule has 37 heavy (non-hydrogen) atoms. The van der Waals surface area contributed by atoms with Gasteiger partial charge in [-0.3, -0.25) is 5.43 Å². The minimum Gasteiger partial charge on any atom is -0.495 e. The second-order valence-corrected chi connectivity index (χ2v) is 8.19. The van der Waals surface area contributed by atoms with E-state index in [0.717, 1.165) is 0 Å². The van der Waals surface area contributed by atoms with E-state index in [4.69, 9.17) is 27.9 Å². The molecule has 8 nitrogen and oxygen atoms in total. The van der Waals surface area contributed by atoms with E-state index in [1.165, 1.54) is 48.8 Å². The number of benzene rings is 3. The lowest BCUT2D eigenvalue weighted by molar-refractivity contribution is 0.417. The van der Waals surface area contributed by atoms with Gasteiger partial charge in [-0.25, -0.2) is 14.2 Å². The van der Waals surface area contributed by atoms with Gasteiger partial charge in [0, 0.05) is 6.07 Å². The highest BCUT2D eigenvalue weighted by Crippen LogP contribution is 2.27. The Kier molecular flexibility index (Phi) is 8.44. The molecular formula is C25H19Cl2F2N7O. The summed E-state index contributed by atoms with van der Waals surface area (Å²) in [6, 6.07) is 17.4. The van der Waals surface area contributed by atoms with Gasteiger partial charge in [0.2, 0.25) is 5.95 Å². The summed E-state index contributed by atoms with van der Waals surface area (Å²) in [6.45, 7) is 0. The summed E-state index contributed by atoms with van der Waals surface area (Å²) < 4.78 is 32.2. The second kappa shape index (κ2) is 12.1. The highest BCUT2D eigenvalue weighted by molar-refractivity contribution is 6.31. The zero-order valence-corrected chi connectivity index (χ0v) is 20.7. The maximum atomic E-state index is 13.4. The molecule has 12 heteroatoms. The molecule has 4 aromatic rings. The Labute approximate surface area is 221 Å². The van der Waals surface area contributed by atoms with Crippen LogP contribution in [0.4, 0.5) is 32.1 Å². The van der Waals surface area contributed by atoms with Crippen molar-refractivity contribution < 1.29 is 13.5 Å². The maximum Gasteiger partial charge on any atom is 0.247 e. The summed E-state index contributed by atoms with van der Waals surface area (Å²) in [5.41, 5.74) is 7.37. The van der Waals surface area contributed by atoms with Gasteiger partial charge in [-0.1, -0.05) is 47.5 Å². The van der Waals surface area contributed by atoms with Crippen LogP contribution < -0.4 is 20.9 Å². The van der Waals surface area contributed by atoms with Crippen LogP contribution >= 0.6 is 23.2 Å². The average Bonchev–Trinajstić information content (AvgIpc) is 2.88. The number of rotatable bonds is 9. The molecule has 0 bridgehead atoms. The van der Waals surface area contributed by atoms with Gasteiger partial charge in [-0.15, -0.1) is 0 Å². The highest BCUT2D eigenvalue weighted by Gasteiger charge is 2.08. The minimum atomic E-state index is -0.524. The molecule has 0 saturated heterocycles. The Hall–Kier alpha value is -4.28. The van der Waals surface area contributed by atoms with Crippen molar-refractivity contribution >= 4 is 58.9 Å². The molecule has 0 aliphatic rings. The second-order valence-electron chi connectivity index (χ2n) is 7.37. The maximum absolute atomic E-state index is 13.4. The van der Waals surface area contributed by atoms with Crippen LogP contribution in [0, 0.1) is 11.6 Å². The van der Waals surface area contributed by atoms with Crippen molar-refractivity contribution in [2.75, 3.05) is 23.3 Å². The molecule has 4 rings (SSSR count). The molecule has 1 aromatic heterocycles. The minimum absolute atomic E-state index is 0.0129. The Morgan fingerprint density at radius 3 is 2.00 bits per heavy atom. The zero-order chi connectivity index (χ0) is 26.2. The molecule has 0 fully saturated rings. The Bertz CT molecular complexity index is 1390. The number of para-hydroxylation sites is 2. The van der Waals surface area contributed by atoms with Gasteiger partial charge in [0.25, 0.3) is 0 Å². The molecule has 188 valence electrons. The Morgan fingerprint density at radius 1 is 0.784 bits per heavy atom. The smallest absolute Gasteiger partial charge is 0.247 e. The number of nitrogens with zero attached hydrogens (tertiary/aromatic N) is 4. The molecule has 1 heterocycles. The standard InChI is InChI=1S/C25H19Cl2F2N7O/c1-37-22-5-3-2-4-21(22)32-23-12-24(35-30-13-15-6-8-19(28)17(26)10-15)34-25(33-23)36-31-14-16-7-9-20(29)18(27)11-16/h2-14H,1H3,(H3,32,33,34,35,36). The van der Waals surface area contributed by atoms with Gasteiger partial charge in [0.1, 0.15) is 23.2 Å². The lowest BCUT2D eigenvalue weighted by Crippen LogP contribution is -2.04. The molecule has 0 amide bonds. The quantitative estimate of drug-likeness (QED) is 0.161. The van der Waals surface area contributed by atoms with Crippen LogP contribution in [0.3, 0.4) is 0 Å². The molecule has 0 radical (unpaired) electrons. The first-order valence-electron chi connectivity index (χ1n) is 10.7. The van der Waals surface area contributed by atoms with Crippen LogP contribution in [0.5, 0.6) is 5.75 Å². The van der Waals surface area contributed by atoms with E-state index in [1.54, 1.807) is 19.2 Å². The van der Waals surface area contributed by atoms with Gasteiger partial charge >= 0.3 is 0 Å². The molecule has 0 atom stereocenters. The fourth-order valence-corrected chi connectivity index (χ4v) is 3.41. The van der Waals surface area contributed by atoms with Crippen molar-refractivity contribution in [1.29, 1.82) is 0 Å². The molecule has 0 unspecified atom stereocenters. The summed E-state index contributed by atoms with van der Waals surface area (Å²) in [6.07, 6.45) is 2.91. The van der Waals surface area contributed by atoms with Crippen molar-refractivity contribution in [2.24, 2.45) is 10.2 Å². The van der Waals surface area contributed by atoms with Crippen LogP contribution in [-0.2, 0) is 0 Å². The van der Waals surface area contributed by atoms with Gasteiger partial charge in [-0.2, -0.15) is 20.2 Å². The van der Waals surface area contributed by atoms with Gasteiger partial charge in [0.05, 0.1) is 35.3 Å². The van der Waals surface area contributed by atoms with Crippen molar-refractivity contribution in [3.63, 3.8) is 0 Å². The SMILES string of the molecule is COc1ccccc1Nc1cc(NN=Cc2ccc(F)c(Cl)c2)nc(NN=Cc2ccc(F)c(Cl)c2)n1. The van der Waals surface area contributed by atoms with E-state index in [1.807, 2.05) is 18.2 Å². The van der Waals surface area contributed by atoms with Crippen molar-refractivity contribution in [2.45, 2.75) is 0 Å². The third-order valence-electron chi connectivity index (χ3n) is 4.75. The lowest BCUT2D eigenvalue weighted by atomic mass is 10.2. The topological polar surface area (TPSA) is 95.8 Å². The van der Waals surface area contributed by atoms with Crippen molar-refractivity contribution in [3.8, 4) is 5.75 Å². The van der Waals surface area contributed by atoms with Crippen LogP contribution in [0.15, 0.2) is 76.9 Å². The summed E-state index contributed by atoms with van der Waals surface area (Å²) in [7, 11) is 1.56. The summed E-state index contributed by atoms with van der Waals surface area (Å²) in [4.78, 5) is 8.75. The number of ether oxygens (including phenoxy) is 1. The number of aromatic nitrogens is 2. The molecule has 3 N–H and O–H groups in total. The summed E-state index contributed by atoms with van der Waals surface area (Å²) in [5, 5.41) is 11.4. The van der Waals surface area contributed by atoms with E-state index in [0.29, 0.717) is 34.2 Å². The van der Waals surface area contributed by atoms with Crippen LogP contribution in [-0.4, -0.2) is 29.5 Å². The molecular weight excluding hydrogens is 523 g/mol. The van der Waals surface area contributed by atoms with E-state index in [2.05, 4.69) is 36.3 Å². The van der Waals surface area contributed by atoms with Crippen LogP contribution in [0.2, 0.25) is 10.0 Å². The summed E-state index contributed by atoms with van der Waals surface area (Å²) in [5.74, 6) is 0.427. The third-order valence-corrected chi connectivity index (χ3v) is 5.33. The van der Waals surface area contributed by atoms with E-state index in [9.17, 15) is 8.78 Å². The van der Waals surface area contributed by atoms with E-state index < -0.39 is 11.6 Å². The van der Waals surface area contributed by atoms with Gasteiger partial charge in [-0.05, 0) is 47.5 Å². The average molecular weight is 542 g/mol. The number of hydrogen-bond donors (Lipinski definition) is 3. The number of hydrazone groups is 2. The van der Waals surface area contributed by atoms with Crippen molar-refractivity contribution in [1.82, 2.24) is 9.97 Å². The first-order chi connectivity index (χ1) is 17.9. The van der Waals surface area contributed by atoms with E-state index >= 15 is 0 Å². The number of hydrogen-bond acceptors (Lipinski definition) is 8. The Morgan fingerprint density at radius 2 is 1.38 bits per heavy atom. The number of halogens is 4. The zero-order valence-electron chi connectivity index (χ0n) is 19.2. The third kappa shape index (κ3) is 7.12. The largest absolute Gasteiger partial charge is 0.495 e. The van der Waals surface area contributed by atoms with E-state index in [-0.39, 0.29) is 16.0 Å². The molecule has 0 aliphatic heterocycles. The first kappa shape index (κ1) is 25.8. The molecule has 0 aliphatic carbocycles. The predicted octanol–water partition coefficient (Wildman–Crippen LogP) is 6.71. The molecule has 3 aromatic carbocycles. The number of methoxy groups -OCH3 is 1. The molecule has 0 saturated carbocycles. The normalized spacial score (nSPS) is 11.2. The van der Waals surface area contributed by atoms with Crippen LogP contribution in [0.25, 0.3) is 0 Å². The summed E-state index contributed by atoms with van der Waals surface area (Å²) >= 11 is 11.6. The van der Waals surface area contributed by atoms with Gasteiger partial charge < -0.3 is 10.1 Å². The predicted molar refractivity (Wildman–Crippen MR) is 144 cm³/mol. The number of anilines is 4.